The number of rotatable bonds is 4. The standard InChI is InChI=1S/C10H14F3NO2/c11-10(12,13)7-16-9(15)14-6-5-8-3-1-2-4-8/h3H,1-2,4-7H2,(H,14,15). The van der Waals surface area contributed by atoms with Gasteiger partial charge < -0.3 is 10.1 Å². The van der Waals surface area contributed by atoms with Crippen LogP contribution in [0.2, 0.25) is 0 Å². The van der Waals surface area contributed by atoms with E-state index < -0.39 is 18.9 Å². The van der Waals surface area contributed by atoms with Crippen molar-refractivity contribution in [1.82, 2.24) is 5.32 Å². The molecule has 1 amide bonds. The fourth-order valence-corrected chi connectivity index (χ4v) is 1.49. The van der Waals surface area contributed by atoms with Crippen molar-refractivity contribution in [1.29, 1.82) is 0 Å². The average Bonchev–Trinajstić information content (AvgIpc) is 2.66. The monoisotopic (exact) mass is 237 g/mol. The van der Waals surface area contributed by atoms with Gasteiger partial charge in [0.05, 0.1) is 0 Å². The van der Waals surface area contributed by atoms with E-state index in [2.05, 4.69) is 16.1 Å². The van der Waals surface area contributed by atoms with Crippen molar-refractivity contribution in [2.75, 3.05) is 13.2 Å². The van der Waals surface area contributed by atoms with Crippen LogP contribution in [0.3, 0.4) is 0 Å². The van der Waals surface area contributed by atoms with Crippen molar-refractivity contribution < 1.29 is 22.7 Å². The van der Waals surface area contributed by atoms with Crippen LogP contribution in [0.1, 0.15) is 25.7 Å². The number of hydrogen-bond donors (Lipinski definition) is 1. The summed E-state index contributed by atoms with van der Waals surface area (Å²) in [4.78, 5) is 10.8. The smallest absolute Gasteiger partial charge is 0.422 e. The fourth-order valence-electron chi connectivity index (χ4n) is 1.49. The Morgan fingerprint density at radius 1 is 1.50 bits per heavy atom. The largest absolute Gasteiger partial charge is 0.440 e. The van der Waals surface area contributed by atoms with E-state index in [1.807, 2.05) is 0 Å². The summed E-state index contributed by atoms with van der Waals surface area (Å²) in [5.74, 6) is 0. The van der Waals surface area contributed by atoms with E-state index >= 15 is 0 Å². The Bertz CT molecular complexity index is 274. The first-order chi connectivity index (χ1) is 7.47. The van der Waals surface area contributed by atoms with Crippen molar-refractivity contribution in [3.63, 3.8) is 0 Å². The lowest BCUT2D eigenvalue weighted by Gasteiger charge is -2.09. The van der Waals surface area contributed by atoms with E-state index in [1.165, 1.54) is 5.57 Å². The first-order valence-corrected chi connectivity index (χ1v) is 5.13. The predicted octanol–water partition coefficient (Wildman–Crippen LogP) is 2.78. The number of carbonyl (C=O) groups excluding carboxylic acids is 1. The van der Waals surface area contributed by atoms with Crippen molar-refractivity contribution in [2.45, 2.75) is 31.9 Å². The van der Waals surface area contributed by atoms with E-state index in [-0.39, 0.29) is 0 Å². The van der Waals surface area contributed by atoms with Crippen molar-refractivity contribution in [2.24, 2.45) is 0 Å². The molecule has 0 heterocycles. The lowest BCUT2D eigenvalue weighted by Crippen LogP contribution is -2.29. The normalized spacial score (nSPS) is 15.8. The second kappa shape index (κ2) is 5.77. The molecule has 0 atom stereocenters. The van der Waals surface area contributed by atoms with Crippen LogP contribution in [0.15, 0.2) is 11.6 Å². The summed E-state index contributed by atoms with van der Waals surface area (Å²) in [5, 5.41) is 2.28. The van der Waals surface area contributed by atoms with E-state index in [9.17, 15) is 18.0 Å². The number of allylic oxidation sites excluding steroid dienone is 1. The third kappa shape index (κ3) is 5.63. The van der Waals surface area contributed by atoms with Crippen LogP contribution in [0.5, 0.6) is 0 Å². The maximum atomic E-state index is 11.7. The minimum Gasteiger partial charge on any atom is -0.440 e. The first kappa shape index (κ1) is 12.9. The third-order valence-corrected chi connectivity index (χ3v) is 2.22. The molecular weight excluding hydrogens is 223 g/mol. The molecule has 0 saturated heterocycles. The van der Waals surface area contributed by atoms with Gasteiger partial charge in [-0.25, -0.2) is 4.79 Å². The van der Waals surface area contributed by atoms with Gasteiger partial charge >= 0.3 is 12.3 Å². The number of alkyl carbamates (subject to hydrolysis) is 1. The number of hydrogen-bond acceptors (Lipinski definition) is 2. The molecule has 6 heteroatoms. The van der Waals surface area contributed by atoms with Gasteiger partial charge in [-0.1, -0.05) is 11.6 Å². The molecule has 0 fully saturated rings. The second-order valence-corrected chi connectivity index (χ2v) is 3.62. The highest BCUT2D eigenvalue weighted by Gasteiger charge is 2.29. The minimum atomic E-state index is -4.47. The highest BCUT2D eigenvalue weighted by atomic mass is 19.4. The average molecular weight is 237 g/mol. The molecule has 0 bridgehead atoms. The van der Waals surface area contributed by atoms with Gasteiger partial charge in [-0.05, 0) is 25.7 Å². The first-order valence-electron chi connectivity index (χ1n) is 5.13. The van der Waals surface area contributed by atoms with E-state index in [4.69, 9.17) is 0 Å². The summed E-state index contributed by atoms with van der Waals surface area (Å²) in [6.07, 6.45) is 0.479. The summed E-state index contributed by atoms with van der Waals surface area (Å²) in [7, 11) is 0. The second-order valence-electron chi connectivity index (χ2n) is 3.62. The third-order valence-electron chi connectivity index (χ3n) is 2.22. The number of amides is 1. The Balaban J connectivity index is 2.06. The molecular formula is C10H14F3NO2. The Morgan fingerprint density at radius 3 is 2.81 bits per heavy atom. The van der Waals surface area contributed by atoms with Gasteiger partial charge in [-0.3, -0.25) is 0 Å². The maximum absolute atomic E-state index is 11.7. The van der Waals surface area contributed by atoms with Gasteiger partial charge in [0.25, 0.3) is 0 Å². The summed E-state index contributed by atoms with van der Waals surface area (Å²) < 4.78 is 39.0. The lowest BCUT2D eigenvalue weighted by atomic mass is 10.2. The van der Waals surface area contributed by atoms with Crippen molar-refractivity contribution in [3.05, 3.63) is 11.6 Å². The van der Waals surface area contributed by atoms with E-state index in [0.717, 1.165) is 19.3 Å². The Morgan fingerprint density at radius 2 is 2.25 bits per heavy atom. The molecule has 1 aliphatic carbocycles. The number of carbonyl (C=O) groups is 1. The molecule has 0 aromatic rings. The van der Waals surface area contributed by atoms with E-state index in [1.54, 1.807) is 0 Å². The van der Waals surface area contributed by atoms with Gasteiger partial charge in [0, 0.05) is 6.54 Å². The van der Waals surface area contributed by atoms with Gasteiger partial charge in [0.15, 0.2) is 6.61 Å². The van der Waals surface area contributed by atoms with Gasteiger partial charge in [0.2, 0.25) is 0 Å². The Labute approximate surface area is 91.6 Å². The van der Waals surface area contributed by atoms with Crippen molar-refractivity contribution in [3.8, 4) is 0 Å². The zero-order chi connectivity index (χ0) is 12.0. The van der Waals surface area contributed by atoms with Gasteiger partial charge in [-0.15, -0.1) is 0 Å². The quantitative estimate of drug-likeness (QED) is 0.763. The number of ether oxygens (including phenoxy) is 1. The molecule has 0 unspecified atom stereocenters. The summed E-state index contributed by atoms with van der Waals surface area (Å²) in [6.45, 7) is -1.22. The zero-order valence-corrected chi connectivity index (χ0v) is 8.77. The maximum Gasteiger partial charge on any atom is 0.422 e. The summed E-state index contributed by atoms with van der Waals surface area (Å²) in [6, 6.07) is 0. The Hall–Kier alpha value is -1.20. The van der Waals surface area contributed by atoms with Crippen LogP contribution in [0.25, 0.3) is 0 Å². The van der Waals surface area contributed by atoms with Crippen LogP contribution >= 0.6 is 0 Å². The van der Waals surface area contributed by atoms with Crippen molar-refractivity contribution >= 4 is 6.09 Å². The van der Waals surface area contributed by atoms with Gasteiger partial charge in [-0.2, -0.15) is 13.2 Å². The molecule has 3 nitrogen and oxygen atoms in total. The summed E-state index contributed by atoms with van der Waals surface area (Å²) >= 11 is 0. The molecule has 1 N–H and O–H groups in total. The zero-order valence-electron chi connectivity index (χ0n) is 8.77. The highest BCUT2D eigenvalue weighted by Crippen LogP contribution is 2.19. The minimum absolute atomic E-state index is 0.322. The number of alkyl halides is 3. The molecule has 0 aromatic carbocycles. The highest BCUT2D eigenvalue weighted by molar-refractivity contribution is 5.67. The summed E-state index contributed by atoms with van der Waals surface area (Å²) in [5.41, 5.74) is 1.25. The Kier molecular flexibility index (Phi) is 4.64. The van der Waals surface area contributed by atoms with Crippen LogP contribution in [0.4, 0.5) is 18.0 Å². The predicted molar refractivity (Wildman–Crippen MR) is 52.0 cm³/mol. The van der Waals surface area contributed by atoms with Crippen LogP contribution in [-0.4, -0.2) is 25.4 Å². The molecule has 92 valence electrons. The molecule has 0 aliphatic heterocycles. The molecule has 0 spiro atoms. The SMILES string of the molecule is O=C(NCCC1=CCCC1)OCC(F)(F)F. The van der Waals surface area contributed by atoms with Crippen LogP contribution in [-0.2, 0) is 4.74 Å². The lowest BCUT2D eigenvalue weighted by molar-refractivity contribution is -0.160. The van der Waals surface area contributed by atoms with Crippen LogP contribution in [0, 0.1) is 0 Å². The molecule has 0 radical (unpaired) electrons. The molecule has 1 rings (SSSR count). The molecule has 0 aromatic heterocycles. The molecule has 0 saturated carbocycles. The number of nitrogens with one attached hydrogen (secondary N) is 1. The van der Waals surface area contributed by atoms with Gasteiger partial charge in [0.1, 0.15) is 0 Å². The van der Waals surface area contributed by atoms with Crippen LogP contribution < -0.4 is 5.32 Å². The molecule has 16 heavy (non-hydrogen) atoms. The van der Waals surface area contributed by atoms with E-state index in [0.29, 0.717) is 13.0 Å². The molecule has 1 aliphatic rings. The number of halogens is 3. The fraction of sp³-hybridized carbons (Fsp3) is 0.700. The topological polar surface area (TPSA) is 38.3 Å².